The van der Waals surface area contributed by atoms with E-state index in [-0.39, 0.29) is 12.1 Å². The van der Waals surface area contributed by atoms with Crippen LogP contribution in [0.25, 0.3) is 0 Å². The number of hydrogen-bond donors (Lipinski definition) is 2. The third-order valence-corrected chi connectivity index (χ3v) is 4.22. The number of rotatable bonds is 6. The molecule has 0 unspecified atom stereocenters. The van der Waals surface area contributed by atoms with Gasteiger partial charge in [0.25, 0.3) is 0 Å². The molecule has 1 aliphatic heterocycles. The van der Waals surface area contributed by atoms with E-state index in [1.165, 1.54) is 0 Å². The van der Waals surface area contributed by atoms with Crippen LogP contribution in [0.15, 0.2) is 17.5 Å². The Labute approximate surface area is 130 Å². The van der Waals surface area contributed by atoms with Crippen molar-refractivity contribution in [3.8, 4) is 0 Å². The van der Waals surface area contributed by atoms with Crippen molar-refractivity contribution in [2.24, 2.45) is 5.92 Å². The van der Waals surface area contributed by atoms with Crippen molar-refractivity contribution in [1.29, 1.82) is 0 Å². The monoisotopic (exact) mass is 311 g/mol. The van der Waals surface area contributed by atoms with Crippen molar-refractivity contribution in [3.63, 3.8) is 0 Å². The smallest absolute Gasteiger partial charge is 0.315 e. The molecule has 6 heteroatoms. The third-order valence-electron chi connectivity index (χ3n) is 3.34. The Morgan fingerprint density at radius 1 is 1.52 bits per heavy atom. The van der Waals surface area contributed by atoms with Crippen molar-refractivity contribution >= 4 is 17.4 Å². The van der Waals surface area contributed by atoms with Gasteiger partial charge in [-0.3, -0.25) is 4.90 Å². The number of carbonyl (C=O) groups excluding carboxylic acids is 1. The molecule has 2 N–H and O–H groups in total. The van der Waals surface area contributed by atoms with Crippen molar-refractivity contribution in [2.75, 3.05) is 32.8 Å². The Balaban J connectivity index is 1.63. The minimum absolute atomic E-state index is 0.0880. The summed E-state index contributed by atoms with van der Waals surface area (Å²) in [5.41, 5.74) is 0. The van der Waals surface area contributed by atoms with Crippen LogP contribution in [-0.4, -0.2) is 49.8 Å². The molecular weight excluding hydrogens is 286 g/mol. The molecule has 2 heterocycles. The van der Waals surface area contributed by atoms with E-state index in [0.717, 1.165) is 31.1 Å². The summed E-state index contributed by atoms with van der Waals surface area (Å²) in [6.45, 7) is 9.30. The van der Waals surface area contributed by atoms with Gasteiger partial charge in [0.2, 0.25) is 0 Å². The van der Waals surface area contributed by atoms with E-state index in [2.05, 4.69) is 29.4 Å². The first kappa shape index (κ1) is 16.3. The molecule has 1 atom stereocenters. The van der Waals surface area contributed by atoms with Gasteiger partial charge in [-0.2, -0.15) is 0 Å². The lowest BCUT2D eigenvalue weighted by atomic mass is 10.2. The topological polar surface area (TPSA) is 53.6 Å². The second kappa shape index (κ2) is 8.36. The van der Waals surface area contributed by atoms with E-state index in [4.69, 9.17) is 4.74 Å². The molecule has 5 nitrogen and oxygen atoms in total. The van der Waals surface area contributed by atoms with E-state index in [1.54, 1.807) is 11.3 Å². The molecule has 1 aromatic heterocycles. The Bertz CT molecular complexity index is 423. The van der Waals surface area contributed by atoms with Gasteiger partial charge in [0, 0.05) is 31.1 Å². The molecule has 1 fully saturated rings. The quantitative estimate of drug-likeness (QED) is 0.844. The van der Waals surface area contributed by atoms with Gasteiger partial charge in [0.05, 0.1) is 19.3 Å². The number of ether oxygens (including phenoxy) is 1. The number of carbonyl (C=O) groups is 1. The molecule has 1 aromatic rings. The third kappa shape index (κ3) is 6.03. The molecule has 1 saturated heterocycles. The van der Waals surface area contributed by atoms with E-state index < -0.39 is 0 Å². The molecule has 2 rings (SSSR count). The summed E-state index contributed by atoms with van der Waals surface area (Å²) in [5.74, 6) is 0.658. The summed E-state index contributed by atoms with van der Waals surface area (Å²) < 4.78 is 5.71. The van der Waals surface area contributed by atoms with Crippen molar-refractivity contribution in [1.82, 2.24) is 15.5 Å². The first-order chi connectivity index (χ1) is 10.1. The molecule has 21 heavy (non-hydrogen) atoms. The van der Waals surface area contributed by atoms with Crippen LogP contribution in [0.1, 0.15) is 18.7 Å². The van der Waals surface area contributed by atoms with Crippen LogP contribution >= 0.6 is 11.3 Å². The highest BCUT2D eigenvalue weighted by molar-refractivity contribution is 7.09. The predicted octanol–water partition coefficient (Wildman–Crippen LogP) is 1.90. The molecule has 2 amide bonds. The second-order valence-corrected chi connectivity index (χ2v) is 6.82. The first-order valence-corrected chi connectivity index (χ1v) is 8.39. The van der Waals surface area contributed by atoms with Crippen LogP contribution in [-0.2, 0) is 11.3 Å². The second-order valence-electron chi connectivity index (χ2n) is 5.79. The van der Waals surface area contributed by atoms with E-state index >= 15 is 0 Å². The van der Waals surface area contributed by atoms with Crippen LogP contribution < -0.4 is 10.6 Å². The molecule has 0 bridgehead atoms. The van der Waals surface area contributed by atoms with E-state index in [0.29, 0.717) is 19.0 Å². The number of hydrogen-bond acceptors (Lipinski definition) is 4. The summed E-state index contributed by atoms with van der Waals surface area (Å²) in [4.78, 5) is 15.3. The standard InChI is InChI=1S/C15H25N3O2S/c1-12(2)10-18-5-6-20-13(11-18)8-16-15(19)17-9-14-4-3-7-21-14/h3-4,7,12-13H,5-6,8-11H2,1-2H3,(H2,16,17,19)/t13-/m0/s1. The number of urea groups is 1. The minimum Gasteiger partial charge on any atom is -0.374 e. The lowest BCUT2D eigenvalue weighted by Gasteiger charge is -2.33. The van der Waals surface area contributed by atoms with Crippen LogP contribution in [0.3, 0.4) is 0 Å². The fourth-order valence-corrected chi connectivity index (χ4v) is 3.08. The number of thiophene rings is 1. The highest BCUT2D eigenvalue weighted by Crippen LogP contribution is 2.08. The molecule has 0 saturated carbocycles. The zero-order valence-corrected chi connectivity index (χ0v) is 13.6. The Kier molecular flexibility index (Phi) is 6.48. The van der Waals surface area contributed by atoms with Gasteiger partial charge >= 0.3 is 6.03 Å². The number of nitrogens with one attached hydrogen (secondary N) is 2. The van der Waals surface area contributed by atoms with Gasteiger partial charge in [-0.15, -0.1) is 11.3 Å². The van der Waals surface area contributed by atoms with Gasteiger partial charge in [-0.05, 0) is 17.4 Å². The highest BCUT2D eigenvalue weighted by atomic mass is 32.1. The van der Waals surface area contributed by atoms with Gasteiger partial charge in [-0.25, -0.2) is 4.79 Å². The highest BCUT2D eigenvalue weighted by Gasteiger charge is 2.21. The van der Waals surface area contributed by atoms with E-state index in [1.807, 2.05) is 17.5 Å². The summed E-state index contributed by atoms with van der Waals surface area (Å²) >= 11 is 1.64. The Hall–Kier alpha value is -1.11. The maximum absolute atomic E-state index is 11.8. The Morgan fingerprint density at radius 3 is 3.10 bits per heavy atom. The SMILES string of the molecule is CC(C)CN1CCO[C@@H](CNC(=O)NCc2cccs2)C1. The van der Waals surface area contributed by atoms with Crippen LogP contribution in [0, 0.1) is 5.92 Å². The normalized spacial score (nSPS) is 19.7. The first-order valence-electron chi connectivity index (χ1n) is 7.51. The molecule has 118 valence electrons. The number of amides is 2. The van der Waals surface area contributed by atoms with Crippen LogP contribution in [0.5, 0.6) is 0 Å². The summed E-state index contributed by atoms with van der Waals surface area (Å²) in [6.07, 6.45) is 0.0880. The zero-order chi connectivity index (χ0) is 15.1. The van der Waals surface area contributed by atoms with Gasteiger partial charge in [0.1, 0.15) is 0 Å². The fraction of sp³-hybridized carbons (Fsp3) is 0.667. The Morgan fingerprint density at radius 2 is 2.38 bits per heavy atom. The molecular formula is C15H25N3O2S. The van der Waals surface area contributed by atoms with Crippen LogP contribution in [0.2, 0.25) is 0 Å². The van der Waals surface area contributed by atoms with Gasteiger partial charge in [-0.1, -0.05) is 19.9 Å². The average molecular weight is 311 g/mol. The lowest BCUT2D eigenvalue weighted by Crippen LogP contribution is -2.49. The predicted molar refractivity (Wildman–Crippen MR) is 85.6 cm³/mol. The average Bonchev–Trinajstić information content (AvgIpc) is 2.96. The molecule has 0 radical (unpaired) electrons. The van der Waals surface area contributed by atoms with Crippen molar-refractivity contribution < 1.29 is 9.53 Å². The summed E-state index contributed by atoms with van der Waals surface area (Å²) in [6, 6.07) is 3.87. The number of nitrogens with zero attached hydrogens (tertiary/aromatic N) is 1. The van der Waals surface area contributed by atoms with Gasteiger partial charge in [0.15, 0.2) is 0 Å². The maximum Gasteiger partial charge on any atom is 0.315 e. The minimum atomic E-state index is -0.131. The zero-order valence-electron chi connectivity index (χ0n) is 12.8. The maximum atomic E-state index is 11.8. The molecule has 1 aliphatic rings. The summed E-state index contributed by atoms with van der Waals surface area (Å²) in [7, 11) is 0. The van der Waals surface area contributed by atoms with E-state index in [9.17, 15) is 4.79 Å². The fourth-order valence-electron chi connectivity index (χ4n) is 2.44. The van der Waals surface area contributed by atoms with Gasteiger partial charge < -0.3 is 15.4 Å². The summed E-state index contributed by atoms with van der Waals surface area (Å²) in [5, 5.41) is 7.76. The molecule has 0 aromatic carbocycles. The van der Waals surface area contributed by atoms with Crippen molar-refractivity contribution in [3.05, 3.63) is 22.4 Å². The number of morpholine rings is 1. The molecule has 0 aliphatic carbocycles. The lowest BCUT2D eigenvalue weighted by molar-refractivity contribution is -0.0290. The van der Waals surface area contributed by atoms with Crippen LogP contribution in [0.4, 0.5) is 4.79 Å². The molecule has 0 spiro atoms. The van der Waals surface area contributed by atoms with Crippen molar-refractivity contribution in [2.45, 2.75) is 26.5 Å². The largest absolute Gasteiger partial charge is 0.374 e.